The van der Waals surface area contributed by atoms with Gasteiger partial charge in [0.2, 0.25) is 0 Å². The van der Waals surface area contributed by atoms with E-state index in [0.29, 0.717) is 6.42 Å². The van der Waals surface area contributed by atoms with E-state index in [1.54, 1.807) is 20.8 Å². The van der Waals surface area contributed by atoms with Crippen molar-refractivity contribution in [1.82, 2.24) is 5.32 Å². The van der Waals surface area contributed by atoms with Crippen LogP contribution in [0.25, 0.3) is 0 Å². The van der Waals surface area contributed by atoms with E-state index in [1.165, 1.54) is 6.08 Å². The molecule has 1 aromatic rings. The molecule has 1 rings (SSSR count). The number of rotatable bonds is 6. The van der Waals surface area contributed by atoms with Crippen molar-refractivity contribution in [3.8, 4) is 0 Å². The normalized spacial score (nSPS) is 13.6. The molecule has 122 valence electrons. The first-order chi connectivity index (χ1) is 10.3. The van der Waals surface area contributed by atoms with Crippen molar-refractivity contribution in [3.63, 3.8) is 0 Å². The molecular weight excluding hydrogens is 285 g/mol. The monoisotopic (exact) mass is 309 g/mol. The minimum absolute atomic E-state index is 0.141. The Labute approximate surface area is 131 Å². The summed E-state index contributed by atoms with van der Waals surface area (Å²) in [7, 11) is 0. The van der Waals surface area contributed by atoms with Crippen molar-refractivity contribution in [2.75, 3.05) is 6.61 Å². The van der Waals surface area contributed by atoms with E-state index in [-0.39, 0.29) is 13.0 Å². The lowest BCUT2D eigenvalue weighted by Gasteiger charge is -2.23. The quantitative estimate of drug-likeness (QED) is 0.847. The summed E-state index contributed by atoms with van der Waals surface area (Å²) in [4.78, 5) is 11.9. The van der Waals surface area contributed by atoms with Crippen LogP contribution in [-0.2, 0) is 11.2 Å². The third-order valence-corrected chi connectivity index (χ3v) is 2.77. The van der Waals surface area contributed by atoms with Gasteiger partial charge >= 0.3 is 6.09 Å². The summed E-state index contributed by atoms with van der Waals surface area (Å²) in [6, 6.07) is 8.50. The molecule has 0 saturated heterocycles. The molecule has 0 bridgehead atoms. The number of nitrogens with one attached hydrogen (secondary N) is 1. The predicted octanol–water partition coefficient (Wildman–Crippen LogP) is 3.36. The first-order valence-corrected chi connectivity index (χ1v) is 7.31. The highest BCUT2D eigenvalue weighted by Crippen LogP contribution is 2.14. The van der Waals surface area contributed by atoms with Gasteiger partial charge in [0, 0.05) is 6.61 Å². The molecule has 0 aliphatic rings. The third kappa shape index (κ3) is 7.22. The van der Waals surface area contributed by atoms with Gasteiger partial charge in [-0.05, 0) is 45.3 Å². The Kier molecular flexibility index (Phi) is 7.05. The van der Waals surface area contributed by atoms with Gasteiger partial charge in [-0.1, -0.05) is 30.3 Å². The van der Waals surface area contributed by atoms with Gasteiger partial charge < -0.3 is 15.2 Å². The number of ether oxygens (including phenoxy) is 1. The van der Waals surface area contributed by atoms with Crippen LogP contribution in [0.5, 0.6) is 0 Å². The van der Waals surface area contributed by atoms with Gasteiger partial charge in [0.15, 0.2) is 0 Å². The highest BCUT2D eigenvalue weighted by Gasteiger charge is 2.22. The zero-order valence-corrected chi connectivity index (χ0v) is 13.3. The molecule has 0 unspecified atom stereocenters. The fraction of sp³-hybridized carbons (Fsp3) is 0.471. The molecule has 2 N–H and O–H groups in total. The zero-order chi connectivity index (χ0) is 16.6. The fourth-order valence-corrected chi connectivity index (χ4v) is 1.86. The van der Waals surface area contributed by atoms with Crippen LogP contribution in [0.4, 0.5) is 9.18 Å². The van der Waals surface area contributed by atoms with Crippen molar-refractivity contribution in [2.24, 2.45) is 0 Å². The highest BCUT2D eigenvalue weighted by molar-refractivity contribution is 5.68. The summed E-state index contributed by atoms with van der Waals surface area (Å²) < 4.78 is 19.4. The maximum atomic E-state index is 14.2. The summed E-state index contributed by atoms with van der Waals surface area (Å²) >= 11 is 0. The largest absolute Gasteiger partial charge is 0.444 e. The van der Waals surface area contributed by atoms with Crippen molar-refractivity contribution in [2.45, 2.75) is 45.3 Å². The topological polar surface area (TPSA) is 58.6 Å². The Bertz CT molecular complexity index is 494. The lowest BCUT2D eigenvalue weighted by molar-refractivity contribution is 0.0506. The molecule has 22 heavy (non-hydrogen) atoms. The van der Waals surface area contributed by atoms with Crippen LogP contribution < -0.4 is 5.32 Å². The molecule has 0 heterocycles. The van der Waals surface area contributed by atoms with Crippen LogP contribution in [0.15, 0.2) is 42.2 Å². The van der Waals surface area contributed by atoms with Crippen LogP contribution in [0.1, 0.15) is 32.8 Å². The van der Waals surface area contributed by atoms with Crippen LogP contribution in [0.3, 0.4) is 0 Å². The molecule has 0 saturated carbocycles. The second-order valence-electron chi connectivity index (χ2n) is 5.99. The van der Waals surface area contributed by atoms with E-state index in [0.717, 1.165) is 5.56 Å². The number of aliphatic hydroxyl groups excluding tert-OH is 1. The standard InChI is InChI=1S/C17H24FNO3/c1-17(2,3)22-16(21)19-15(14(18)10-7-11-20)12-13-8-5-4-6-9-13/h4-6,8-10,15,20H,7,11-12H2,1-3H3,(H,19,21)/b14-10+/t15-/m0/s1. The molecule has 0 spiro atoms. The van der Waals surface area contributed by atoms with Gasteiger partial charge in [0.05, 0.1) is 6.04 Å². The summed E-state index contributed by atoms with van der Waals surface area (Å²) in [6.45, 7) is 5.10. The number of hydrogen-bond acceptors (Lipinski definition) is 3. The first-order valence-electron chi connectivity index (χ1n) is 7.31. The second kappa shape index (κ2) is 8.54. The van der Waals surface area contributed by atoms with Gasteiger partial charge in [0.1, 0.15) is 11.4 Å². The van der Waals surface area contributed by atoms with E-state index >= 15 is 0 Å². The van der Waals surface area contributed by atoms with Gasteiger partial charge in [-0.25, -0.2) is 9.18 Å². The molecular formula is C17H24FNO3. The predicted molar refractivity (Wildman–Crippen MR) is 84.2 cm³/mol. The van der Waals surface area contributed by atoms with Crippen LogP contribution in [0.2, 0.25) is 0 Å². The summed E-state index contributed by atoms with van der Waals surface area (Å²) in [6.07, 6.45) is 1.13. The number of alkyl carbamates (subject to hydrolysis) is 1. The number of carbonyl (C=O) groups excluding carboxylic acids is 1. The van der Waals surface area contributed by atoms with Gasteiger partial charge in [0.25, 0.3) is 0 Å². The maximum absolute atomic E-state index is 14.2. The first kappa shape index (κ1) is 18.2. The van der Waals surface area contributed by atoms with Crippen molar-refractivity contribution in [1.29, 1.82) is 0 Å². The molecule has 0 aliphatic carbocycles. The number of aliphatic hydroxyl groups is 1. The summed E-state index contributed by atoms with van der Waals surface area (Å²) in [5, 5.41) is 11.3. The average molecular weight is 309 g/mol. The number of carbonyl (C=O) groups is 1. The van der Waals surface area contributed by atoms with Gasteiger partial charge in [-0.3, -0.25) is 0 Å². The number of halogens is 1. The van der Waals surface area contributed by atoms with Crippen molar-refractivity contribution in [3.05, 3.63) is 47.8 Å². The Morgan fingerprint density at radius 3 is 2.55 bits per heavy atom. The van der Waals surface area contributed by atoms with E-state index in [9.17, 15) is 9.18 Å². The van der Waals surface area contributed by atoms with Gasteiger partial charge in [-0.2, -0.15) is 0 Å². The SMILES string of the molecule is CC(C)(C)OC(=O)N[C@@H](Cc1ccccc1)/C(F)=C\CCO. The van der Waals surface area contributed by atoms with Crippen molar-refractivity contribution < 1.29 is 19.0 Å². The fourth-order valence-electron chi connectivity index (χ4n) is 1.86. The van der Waals surface area contributed by atoms with Gasteiger partial charge in [-0.15, -0.1) is 0 Å². The minimum Gasteiger partial charge on any atom is -0.444 e. The number of hydrogen-bond donors (Lipinski definition) is 2. The molecule has 0 fully saturated rings. The minimum atomic E-state index is -0.816. The number of amides is 1. The number of benzene rings is 1. The molecule has 1 aromatic carbocycles. The smallest absolute Gasteiger partial charge is 0.408 e. The molecule has 5 heteroatoms. The van der Waals surface area contributed by atoms with E-state index in [2.05, 4.69) is 5.32 Å². The third-order valence-electron chi connectivity index (χ3n) is 2.77. The summed E-state index contributed by atoms with van der Waals surface area (Å²) in [5.41, 5.74) is 0.253. The van der Waals surface area contributed by atoms with E-state index < -0.39 is 23.6 Å². The zero-order valence-electron chi connectivity index (χ0n) is 13.3. The molecule has 1 atom stereocenters. The Morgan fingerprint density at radius 2 is 2.00 bits per heavy atom. The molecule has 1 amide bonds. The lowest BCUT2D eigenvalue weighted by atomic mass is 10.0. The van der Waals surface area contributed by atoms with Crippen LogP contribution in [0, 0.1) is 0 Å². The van der Waals surface area contributed by atoms with E-state index in [1.807, 2.05) is 30.3 Å². The Hall–Kier alpha value is -1.88. The summed E-state index contributed by atoms with van der Waals surface area (Å²) in [5.74, 6) is -0.483. The molecule has 0 aromatic heterocycles. The molecule has 0 radical (unpaired) electrons. The van der Waals surface area contributed by atoms with E-state index in [4.69, 9.17) is 9.84 Å². The van der Waals surface area contributed by atoms with Crippen LogP contribution in [-0.4, -0.2) is 29.4 Å². The Balaban J connectivity index is 2.80. The molecule has 4 nitrogen and oxygen atoms in total. The average Bonchev–Trinajstić information content (AvgIpc) is 2.43. The lowest BCUT2D eigenvalue weighted by Crippen LogP contribution is -2.40. The van der Waals surface area contributed by atoms with Crippen LogP contribution >= 0.6 is 0 Å². The highest BCUT2D eigenvalue weighted by atomic mass is 19.1. The van der Waals surface area contributed by atoms with Crippen molar-refractivity contribution >= 4 is 6.09 Å². The maximum Gasteiger partial charge on any atom is 0.408 e. The second-order valence-corrected chi connectivity index (χ2v) is 5.99. The Morgan fingerprint density at radius 1 is 1.36 bits per heavy atom. The molecule has 0 aliphatic heterocycles.